The molecule has 1 amide bonds. The van der Waals surface area contributed by atoms with Crippen LogP contribution in [-0.4, -0.2) is 46.6 Å². The lowest BCUT2D eigenvalue weighted by Crippen LogP contribution is -2.57. The molecule has 3 unspecified atom stereocenters. The van der Waals surface area contributed by atoms with Crippen molar-refractivity contribution in [2.45, 2.75) is 87.8 Å². The van der Waals surface area contributed by atoms with E-state index >= 15 is 0 Å². The number of anilines is 1. The van der Waals surface area contributed by atoms with Gasteiger partial charge in [-0.2, -0.15) is 26.3 Å². The summed E-state index contributed by atoms with van der Waals surface area (Å²) in [5.74, 6) is -0.118. The summed E-state index contributed by atoms with van der Waals surface area (Å²) < 4.78 is 92.6. The number of aliphatic hydroxyl groups is 2. The highest BCUT2D eigenvalue weighted by molar-refractivity contribution is 5.93. The summed E-state index contributed by atoms with van der Waals surface area (Å²) in [7, 11) is 0. The quantitative estimate of drug-likeness (QED) is 0.400. The van der Waals surface area contributed by atoms with Gasteiger partial charge in [0.15, 0.2) is 0 Å². The SMILES string of the molecule is CC1CC(O)(c2ccc(C(F)(F)F)cc2)CC(COc2cc3c(c(C(F)(F)F)c2)N(C2CC(C)(O)C2)C(=O)OC3)N1. The highest BCUT2D eigenvalue weighted by Crippen LogP contribution is 2.48. The summed E-state index contributed by atoms with van der Waals surface area (Å²) in [6.07, 6.45) is -9.80. The minimum atomic E-state index is -4.83. The largest absolute Gasteiger partial charge is 0.492 e. The van der Waals surface area contributed by atoms with Gasteiger partial charge in [0.1, 0.15) is 19.0 Å². The number of alkyl halides is 6. The van der Waals surface area contributed by atoms with Crippen LogP contribution in [0.1, 0.15) is 61.8 Å². The molecule has 0 spiro atoms. The molecule has 1 aliphatic carbocycles. The monoisotopic (exact) mass is 588 g/mol. The van der Waals surface area contributed by atoms with Gasteiger partial charge in [0, 0.05) is 23.7 Å². The van der Waals surface area contributed by atoms with Crippen LogP contribution in [0.15, 0.2) is 36.4 Å². The smallest absolute Gasteiger partial charge is 0.418 e. The van der Waals surface area contributed by atoms with Crippen molar-refractivity contribution in [2.75, 3.05) is 11.5 Å². The lowest BCUT2D eigenvalue weighted by molar-refractivity contribution is -0.138. The van der Waals surface area contributed by atoms with E-state index in [-0.39, 0.29) is 61.9 Å². The van der Waals surface area contributed by atoms with Crippen molar-refractivity contribution in [3.05, 3.63) is 58.7 Å². The van der Waals surface area contributed by atoms with E-state index in [0.717, 1.165) is 23.1 Å². The minimum absolute atomic E-state index is 0.0484. The summed E-state index contributed by atoms with van der Waals surface area (Å²) in [4.78, 5) is 13.5. The van der Waals surface area contributed by atoms with Crippen LogP contribution in [0, 0.1) is 0 Å². The fourth-order valence-electron chi connectivity index (χ4n) is 6.16. The van der Waals surface area contributed by atoms with E-state index in [0.29, 0.717) is 5.56 Å². The highest BCUT2D eigenvalue weighted by Gasteiger charge is 2.49. The molecule has 3 aliphatic rings. The van der Waals surface area contributed by atoms with Gasteiger partial charge in [-0.25, -0.2) is 4.79 Å². The Labute approximate surface area is 232 Å². The first-order chi connectivity index (χ1) is 19.0. The van der Waals surface area contributed by atoms with Crippen LogP contribution in [0.5, 0.6) is 5.75 Å². The maximum absolute atomic E-state index is 14.2. The molecule has 7 nitrogen and oxygen atoms in total. The Balaban J connectivity index is 1.36. The Morgan fingerprint density at radius 1 is 1.02 bits per heavy atom. The number of benzene rings is 2. The van der Waals surface area contributed by atoms with Crippen LogP contribution in [0.2, 0.25) is 0 Å². The number of halogens is 6. The number of ether oxygens (including phenoxy) is 2. The highest BCUT2D eigenvalue weighted by atomic mass is 19.4. The van der Waals surface area contributed by atoms with Crippen molar-refractivity contribution in [3.63, 3.8) is 0 Å². The molecule has 0 bridgehead atoms. The van der Waals surface area contributed by atoms with Gasteiger partial charge in [-0.3, -0.25) is 4.90 Å². The zero-order valence-corrected chi connectivity index (χ0v) is 22.3. The molecule has 2 aromatic rings. The number of fused-ring (bicyclic) bond motifs is 1. The fourth-order valence-corrected chi connectivity index (χ4v) is 6.16. The van der Waals surface area contributed by atoms with E-state index in [1.54, 1.807) is 13.8 Å². The Kier molecular flexibility index (Phi) is 7.23. The van der Waals surface area contributed by atoms with Gasteiger partial charge in [-0.1, -0.05) is 12.1 Å². The number of hydrogen-bond donors (Lipinski definition) is 3. The van der Waals surface area contributed by atoms with Gasteiger partial charge >= 0.3 is 18.4 Å². The summed E-state index contributed by atoms with van der Waals surface area (Å²) in [5, 5.41) is 24.7. The van der Waals surface area contributed by atoms with E-state index in [9.17, 15) is 41.4 Å². The Hall–Kier alpha value is -3.03. The van der Waals surface area contributed by atoms with E-state index < -0.39 is 52.9 Å². The lowest BCUT2D eigenvalue weighted by atomic mass is 9.76. The Morgan fingerprint density at radius 3 is 2.27 bits per heavy atom. The molecule has 224 valence electrons. The van der Waals surface area contributed by atoms with Crippen LogP contribution in [0.4, 0.5) is 36.8 Å². The van der Waals surface area contributed by atoms with Gasteiger partial charge < -0.3 is 25.0 Å². The second kappa shape index (κ2) is 10.1. The summed E-state index contributed by atoms with van der Waals surface area (Å²) in [5.41, 5.74) is -4.39. The first-order valence-electron chi connectivity index (χ1n) is 13.2. The predicted octanol–water partition coefficient (Wildman–Crippen LogP) is 5.50. The van der Waals surface area contributed by atoms with Gasteiger partial charge in [0.25, 0.3) is 0 Å². The van der Waals surface area contributed by atoms with Crippen LogP contribution in [0.3, 0.4) is 0 Å². The van der Waals surface area contributed by atoms with Crippen LogP contribution in [0.25, 0.3) is 0 Å². The van der Waals surface area contributed by atoms with Gasteiger partial charge in [0.05, 0.1) is 28.0 Å². The van der Waals surface area contributed by atoms with Crippen molar-refractivity contribution in [3.8, 4) is 5.75 Å². The summed E-state index contributed by atoms with van der Waals surface area (Å²) >= 11 is 0. The van der Waals surface area contributed by atoms with E-state index in [1.165, 1.54) is 18.2 Å². The third-order valence-electron chi connectivity index (χ3n) is 7.92. The van der Waals surface area contributed by atoms with Gasteiger partial charge in [-0.05, 0) is 69.4 Å². The molecule has 2 aromatic carbocycles. The number of nitrogens with zero attached hydrogens (tertiary/aromatic N) is 1. The third kappa shape index (κ3) is 5.98. The summed E-state index contributed by atoms with van der Waals surface area (Å²) in [6, 6.07) is 4.98. The molecule has 3 N–H and O–H groups in total. The molecule has 3 atom stereocenters. The van der Waals surface area contributed by atoms with E-state index in [4.69, 9.17) is 9.47 Å². The van der Waals surface area contributed by atoms with E-state index in [2.05, 4.69) is 5.32 Å². The molecule has 2 heterocycles. The van der Waals surface area contributed by atoms with Crippen molar-refractivity contribution >= 4 is 11.8 Å². The molecular formula is C28H30F6N2O5. The molecule has 2 fully saturated rings. The average molecular weight is 589 g/mol. The number of piperidine rings is 1. The summed E-state index contributed by atoms with van der Waals surface area (Å²) in [6.45, 7) is 2.79. The molecule has 0 radical (unpaired) electrons. The maximum Gasteiger partial charge on any atom is 0.418 e. The molecule has 1 saturated carbocycles. The van der Waals surface area contributed by atoms with Crippen molar-refractivity contribution in [1.29, 1.82) is 0 Å². The third-order valence-corrected chi connectivity index (χ3v) is 7.92. The second-order valence-corrected chi connectivity index (χ2v) is 11.6. The van der Waals surface area contributed by atoms with Gasteiger partial charge in [-0.15, -0.1) is 0 Å². The first-order valence-corrected chi connectivity index (χ1v) is 13.2. The number of carbonyl (C=O) groups is 1. The molecule has 2 aliphatic heterocycles. The first kappa shape index (κ1) is 29.5. The standard InChI is InChI=1S/C28H30F6N2O5/c1-15-9-26(39,17-3-5-18(6-4-17)27(29,30)31)10-19(35-15)14-40-21-7-16-13-41-24(37)36(20-11-25(2,38)12-20)23(16)22(8-21)28(32,33)34/h3-8,15,19-20,35,38-39H,9-14H2,1-2H3. The molecular weight excluding hydrogens is 558 g/mol. The number of amides is 1. The number of cyclic esters (lactones) is 1. The Morgan fingerprint density at radius 2 is 1.68 bits per heavy atom. The van der Waals surface area contributed by atoms with Gasteiger partial charge in [0.2, 0.25) is 0 Å². The van der Waals surface area contributed by atoms with Crippen LogP contribution in [-0.2, 0) is 29.3 Å². The second-order valence-electron chi connectivity index (χ2n) is 11.6. The molecule has 13 heteroatoms. The number of hydrogen-bond acceptors (Lipinski definition) is 6. The van der Waals surface area contributed by atoms with Crippen LogP contribution >= 0.6 is 0 Å². The fraction of sp³-hybridized carbons (Fsp3) is 0.536. The van der Waals surface area contributed by atoms with E-state index in [1.807, 2.05) is 0 Å². The minimum Gasteiger partial charge on any atom is -0.492 e. The zero-order valence-electron chi connectivity index (χ0n) is 22.3. The van der Waals surface area contributed by atoms with Crippen molar-refractivity contribution in [1.82, 2.24) is 5.32 Å². The molecule has 1 saturated heterocycles. The molecule has 41 heavy (non-hydrogen) atoms. The van der Waals surface area contributed by atoms with Crippen molar-refractivity contribution in [2.24, 2.45) is 0 Å². The van der Waals surface area contributed by atoms with Crippen LogP contribution < -0.4 is 15.0 Å². The number of rotatable bonds is 5. The number of nitrogens with one attached hydrogen (secondary N) is 1. The average Bonchev–Trinajstić information content (AvgIpc) is 2.84. The normalized spacial score (nSPS) is 30.3. The Bertz CT molecular complexity index is 1300. The molecule has 5 rings (SSSR count). The molecule has 0 aromatic heterocycles. The zero-order chi connectivity index (χ0) is 30.0. The topological polar surface area (TPSA) is 91.3 Å². The predicted molar refractivity (Wildman–Crippen MR) is 134 cm³/mol. The van der Waals surface area contributed by atoms with Crippen molar-refractivity contribution < 1.29 is 50.8 Å². The lowest BCUT2D eigenvalue weighted by Gasteiger charge is -2.48. The maximum atomic E-state index is 14.2. The number of carbonyl (C=O) groups excluding carboxylic acids is 1.